The van der Waals surface area contributed by atoms with E-state index in [1.807, 2.05) is 6.07 Å². The molecule has 0 aliphatic heterocycles. The number of nitrogens with zero attached hydrogens (tertiary/aromatic N) is 2. The first kappa shape index (κ1) is 11.4. The minimum atomic E-state index is -0.296. The highest BCUT2D eigenvalue weighted by atomic mass is 79.9. The summed E-state index contributed by atoms with van der Waals surface area (Å²) >= 11 is 8.99. The molecular weight excluding hydrogens is 296 g/mol. The maximum atomic E-state index is 13.1. The predicted molar refractivity (Wildman–Crippen MR) is 64.9 cm³/mol. The van der Waals surface area contributed by atoms with Gasteiger partial charge in [0, 0.05) is 10.7 Å². The van der Waals surface area contributed by atoms with Crippen LogP contribution in [-0.4, -0.2) is 9.78 Å². The molecule has 0 saturated heterocycles. The Morgan fingerprint density at radius 1 is 1.44 bits per heavy atom. The molecule has 0 unspecified atom stereocenters. The Morgan fingerprint density at radius 3 is 2.75 bits per heavy atom. The van der Waals surface area contributed by atoms with Gasteiger partial charge in [0.25, 0.3) is 0 Å². The van der Waals surface area contributed by atoms with Crippen LogP contribution in [0.2, 0.25) is 5.02 Å². The van der Waals surface area contributed by atoms with Gasteiger partial charge in [-0.15, -0.1) is 0 Å². The van der Waals surface area contributed by atoms with E-state index >= 15 is 0 Å². The number of aromatic nitrogens is 2. The van der Waals surface area contributed by atoms with Gasteiger partial charge in [0.05, 0.1) is 6.54 Å². The third-order valence-corrected chi connectivity index (χ3v) is 2.76. The van der Waals surface area contributed by atoms with Gasteiger partial charge in [0.15, 0.2) is 5.82 Å². The number of benzene rings is 1. The number of anilines is 1. The topological polar surface area (TPSA) is 43.8 Å². The van der Waals surface area contributed by atoms with Gasteiger partial charge in [-0.2, -0.15) is 5.10 Å². The first-order chi connectivity index (χ1) is 7.54. The van der Waals surface area contributed by atoms with Crippen LogP contribution in [0.4, 0.5) is 10.2 Å². The Labute approximate surface area is 105 Å². The van der Waals surface area contributed by atoms with Gasteiger partial charge in [0.2, 0.25) is 0 Å². The van der Waals surface area contributed by atoms with E-state index < -0.39 is 0 Å². The van der Waals surface area contributed by atoms with Crippen molar-refractivity contribution in [3.8, 4) is 0 Å². The summed E-state index contributed by atoms with van der Waals surface area (Å²) in [4.78, 5) is 0. The normalized spacial score (nSPS) is 10.7. The molecular formula is C10H8BrClFN3. The third kappa shape index (κ3) is 2.54. The second-order valence-electron chi connectivity index (χ2n) is 3.34. The van der Waals surface area contributed by atoms with E-state index in [1.165, 1.54) is 12.1 Å². The van der Waals surface area contributed by atoms with Crippen LogP contribution >= 0.6 is 27.5 Å². The summed E-state index contributed by atoms with van der Waals surface area (Å²) in [6, 6.07) is 4.65. The minimum absolute atomic E-state index is 0.275. The molecule has 84 valence electrons. The molecule has 1 aromatic carbocycles. The van der Waals surface area contributed by atoms with Crippen molar-refractivity contribution in [1.29, 1.82) is 0 Å². The lowest BCUT2D eigenvalue weighted by Crippen LogP contribution is -2.01. The summed E-state index contributed by atoms with van der Waals surface area (Å²) in [7, 11) is 0. The summed E-state index contributed by atoms with van der Waals surface area (Å²) in [5.41, 5.74) is 6.29. The highest BCUT2D eigenvalue weighted by Gasteiger charge is 2.04. The number of halogens is 3. The molecule has 0 aliphatic rings. The lowest BCUT2D eigenvalue weighted by Gasteiger charge is -2.02. The second-order valence-corrected chi connectivity index (χ2v) is 4.66. The average Bonchev–Trinajstić information content (AvgIpc) is 2.43. The van der Waals surface area contributed by atoms with Crippen LogP contribution in [0, 0.1) is 5.82 Å². The van der Waals surface area contributed by atoms with Crippen LogP contribution in [0.1, 0.15) is 5.56 Å². The van der Waals surface area contributed by atoms with E-state index in [2.05, 4.69) is 21.0 Å². The van der Waals surface area contributed by atoms with E-state index in [0.717, 1.165) is 5.56 Å². The van der Waals surface area contributed by atoms with Crippen molar-refractivity contribution in [1.82, 2.24) is 9.78 Å². The molecule has 2 rings (SSSR count). The van der Waals surface area contributed by atoms with Crippen molar-refractivity contribution in [3.05, 3.63) is 45.3 Å². The number of nitrogens with two attached hydrogens (primary N) is 1. The Balaban J connectivity index is 2.26. The molecule has 0 saturated carbocycles. The van der Waals surface area contributed by atoms with Gasteiger partial charge in [-0.25, -0.2) is 4.39 Å². The van der Waals surface area contributed by atoms with E-state index in [4.69, 9.17) is 17.3 Å². The Bertz CT molecular complexity index is 487. The Morgan fingerprint density at radius 2 is 2.19 bits per heavy atom. The summed E-state index contributed by atoms with van der Waals surface area (Å²) in [6.45, 7) is 0.424. The molecule has 0 amide bonds. The SMILES string of the molecule is Nc1nn(Cc2cc(F)cc(Br)c2)cc1Cl. The molecule has 0 bridgehead atoms. The molecule has 16 heavy (non-hydrogen) atoms. The number of hydrogen-bond donors (Lipinski definition) is 1. The average molecular weight is 305 g/mol. The summed E-state index contributed by atoms with van der Waals surface area (Å²) in [5.74, 6) is -0.0206. The second kappa shape index (κ2) is 4.43. The van der Waals surface area contributed by atoms with E-state index in [9.17, 15) is 4.39 Å². The monoisotopic (exact) mass is 303 g/mol. The number of rotatable bonds is 2. The number of nitrogen functional groups attached to an aromatic ring is 1. The Kier molecular flexibility index (Phi) is 3.16. The summed E-state index contributed by atoms with van der Waals surface area (Å²) in [5, 5.41) is 4.39. The smallest absolute Gasteiger partial charge is 0.164 e. The first-order valence-electron chi connectivity index (χ1n) is 4.48. The number of hydrogen-bond acceptors (Lipinski definition) is 2. The highest BCUT2D eigenvalue weighted by Crippen LogP contribution is 2.18. The van der Waals surface area contributed by atoms with Crippen LogP contribution in [-0.2, 0) is 6.54 Å². The van der Waals surface area contributed by atoms with Gasteiger partial charge in [0.1, 0.15) is 10.8 Å². The van der Waals surface area contributed by atoms with Crippen LogP contribution in [0.3, 0.4) is 0 Å². The molecule has 0 aliphatic carbocycles. The lowest BCUT2D eigenvalue weighted by molar-refractivity contribution is 0.618. The fourth-order valence-corrected chi connectivity index (χ4v) is 2.05. The zero-order chi connectivity index (χ0) is 11.7. The standard InChI is InChI=1S/C10H8BrClFN3/c11-7-1-6(2-8(13)3-7)4-16-5-9(12)10(14)15-16/h1-3,5H,4H2,(H2,14,15). The zero-order valence-corrected chi connectivity index (χ0v) is 10.5. The van der Waals surface area contributed by atoms with Crippen LogP contribution in [0.25, 0.3) is 0 Å². The van der Waals surface area contributed by atoms with Gasteiger partial charge < -0.3 is 5.73 Å². The molecule has 2 N–H and O–H groups in total. The van der Waals surface area contributed by atoms with Gasteiger partial charge in [-0.05, 0) is 23.8 Å². The minimum Gasteiger partial charge on any atom is -0.381 e. The van der Waals surface area contributed by atoms with Crippen molar-refractivity contribution in [2.45, 2.75) is 6.54 Å². The first-order valence-corrected chi connectivity index (χ1v) is 5.65. The molecule has 3 nitrogen and oxygen atoms in total. The molecule has 1 heterocycles. The summed E-state index contributed by atoms with van der Waals surface area (Å²) in [6.07, 6.45) is 1.61. The molecule has 2 aromatic rings. The molecule has 0 atom stereocenters. The quantitative estimate of drug-likeness (QED) is 0.926. The van der Waals surface area contributed by atoms with Crippen molar-refractivity contribution in [2.75, 3.05) is 5.73 Å². The van der Waals surface area contributed by atoms with Gasteiger partial charge in [-0.1, -0.05) is 27.5 Å². The Hall–Kier alpha value is -1.07. The molecule has 0 spiro atoms. The van der Waals surface area contributed by atoms with E-state index in [-0.39, 0.29) is 11.6 Å². The van der Waals surface area contributed by atoms with Crippen molar-refractivity contribution < 1.29 is 4.39 Å². The molecule has 1 aromatic heterocycles. The molecule has 6 heteroatoms. The van der Waals surface area contributed by atoms with Crippen molar-refractivity contribution in [3.63, 3.8) is 0 Å². The van der Waals surface area contributed by atoms with Gasteiger partial charge >= 0.3 is 0 Å². The lowest BCUT2D eigenvalue weighted by atomic mass is 10.2. The fourth-order valence-electron chi connectivity index (χ4n) is 1.38. The largest absolute Gasteiger partial charge is 0.381 e. The molecule has 0 fully saturated rings. The zero-order valence-electron chi connectivity index (χ0n) is 8.12. The fraction of sp³-hybridized carbons (Fsp3) is 0.100. The van der Waals surface area contributed by atoms with Gasteiger partial charge in [-0.3, -0.25) is 4.68 Å². The van der Waals surface area contributed by atoms with Crippen LogP contribution < -0.4 is 5.73 Å². The maximum absolute atomic E-state index is 13.1. The van der Waals surface area contributed by atoms with Crippen LogP contribution in [0.15, 0.2) is 28.9 Å². The van der Waals surface area contributed by atoms with Crippen LogP contribution in [0.5, 0.6) is 0 Å². The predicted octanol–water partition coefficient (Wildman–Crippen LogP) is 3.07. The van der Waals surface area contributed by atoms with E-state index in [1.54, 1.807) is 10.9 Å². The summed E-state index contributed by atoms with van der Waals surface area (Å²) < 4.78 is 15.4. The van der Waals surface area contributed by atoms with Crippen molar-refractivity contribution >= 4 is 33.3 Å². The van der Waals surface area contributed by atoms with E-state index in [0.29, 0.717) is 16.0 Å². The maximum Gasteiger partial charge on any atom is 0.164 e. The molecule has 0 radical (unpaired) electrons. The van der Waals surface area contributed by atoms with Crippen molar-refractivity contribution in [2.24, 2.45) is 0 Å². The highest BCUT2D eigenvalue weighted by molar-refractivity contribution is 9.10. The third-order valence-electron chi connectivity index (χ3n) is 2.01.